The smallest absolute Gasteiger partial charge is 0.159 e. The van der Waals surface area contributed by atoms with E-state index in [0.717, 1.165) is 44.6 Å². The average Bonchev–Trinajstić information content (AvgIpc) is 3.89. The van der Waals surface area contributed by atoms with Crippen LogP contribution in [0.15, 0.2) is 217 Å². The van der Waals surface area contributed by atoms with Crippen LogP contribution in [0.5, 0.6) is 0 Å². The summed E-state index contributed by atoms with van der Waals surface area (Å²) in [5.74, 6) is 0. The average molecular weight is 770 g/mol. The van der Waals surface area contributed by atoms with Crippen molar-refractivity contribution in [2.75, 3.05) is 4.90 Å². The lowest BCUT2D eigenvalue weighted by Gasteiger charge is -2.27. The van der Waals surface area contributed by atoms with Gasteiger partial charge in [0.05, 0.1) is 11.4 Å². The molecule has 12 rings (SSSR count). The van der Waals surface area contributed by atoms with Gasteiger partial charge in [0.2, 0.25) is 0 Å². The van der Waals surface area contributed by atoms with Crippen molar-refractivity contribution in [1.82, 2.24) is 0 Å². The van der Waals surface area contributed by atoms with Crippen LogP contribution in [0.1, 0.15) is 0 Å². The van der Waals surface area contributed by atoms with Crippen molar-refractivity contribution in [3.63, 3.8) is 0 Å². The SMILES string of the molecule is c1ccc(-c2ccc3c(c2)oc2c(N(c4ccc5ccc6ccccc6c5c4)c4ccc(-c5ccccc5)c5sc6cc(-c7ccccc7)ccc6c45)cccc23)cc1. The van der Waals surface area contributed by atoms with Crippen LogP contribution in [0.2, 0.25) is 0 Å². The van der Waals surface area contributed by atoms with Crippen LogP contribution in [0, 0.1) is 0 Å². The highest BCUT2D eigenvalue weighted by Crippen LogP contribution is 2.51. The number of hydrogen-bond acceptors (Lipinski definition) is 3. The number of anilines is 3. The lowest BCUT2D eigenvalue weighted by atomic mass is 9.98. The van der Waals surface area contributed by atoms with E-state index in [1.807, 2.05) is 11.3 Å². The molecule has 0 radical (unpaired) electrons. The van der Waals surface area contributed by atoms with Crippen LogP contribution < -0.4 is 4.90 Å². The molecule has 0 spiro atoms. The highest BCUT2D eigenvalue weighted by atomic mass is 32.1. The third-order valence-corrected chi connectivity index (χ3v) is 13.0. The fraction of sp³-hybridized carbons (Fsp3) is 0. The van der Waals surface area contributed by atoms with E-state index in [9.17, 15) is 0 Å². The summed E-state index contributed by atoms with van der Waals surface area (Å²) in [4.78, 5) is 2.44. The van der Waals surface area contributed by atoms with E-state index in [1.54, 1.807) is 0 Å². The fourth-order valence-corrected chi connectivity index (χ4v) is 10.3. The van der Waals surface area contributed by atoms with Crippen LogP contribution in [0.3, 0.4) is 0 Å². The second kappa shape index (κ2) is 13.6. The van der Waals surface area contributed by atoms with Crippen molar-refractivity contribution < 1.29 is 4.42 Å². The van der Waals surface area contributed by atoms with Gasteiger partial charge in [-0.3, -0.25) is 0 Å². The summed E-state index contributed by atoms with van der Waals surface area (Å²) in [7, 11) is 0. The van der Waals surface area contributed by atoms with Crippen molar-refractivity contribution in [3.05, 3.63) is 212 Å². The Morgan fingerprint density at radius 3 is 1.76 bits per heavy atom. The van der Waals surface area contributed by atoms with E-state index in [4.69, 9.17) is 4.42 Å². The predicted octanol–water partition coefficient (Wildman–Crippen LogP) is 16.7. The molecule has 2 heterocycles. The third-order valence-electron chi connectivity index (χ3n) is 11.8. The standard InChI is InChI=1S/C56H35NOS/c1-4-13-36(14-5-1)41-26-29-46-47-21-12-22-51(55(47)58-52(46)33-41)57(43-28-25-40-24-23-39-19-10-11-20-44(39)49(40)35-43)50-32-31-45(38-17-8-3-9-18-38)56-54(50)48-30-27-42(34-53(48)59-56)37-15-6-2-7-16-37/h1-35H. The highest BCUT2D eigenvalue weighted by Gasteiger charge is 2.25. The lowest BCUT2D eigenvalue weighted by molar-refractivity contribution is 0.669. The molecule has 276 valence electrons. The number of para-hydroxylation sites is 1. The predicted molar refractivity (Wildman–Crippen MR) is 253 cm³/mol. The molecule has 0 atom stereocenters. The van der Waals surface area contributed by atoms with Gasteiger partial charge in [0.1, 0.15) is 5.58 Å². The molecule has 0 aliphatic rings. The van der Waals surface area contributed by atoms with Gasteiger partial charge in [-0.1, -0.05) is 170 Å². The zero-order chi connectivity index (χ0) is 38.9. The quantitative estimate of drug-likeness (QED) is 0.157. The molecule has 0 aliphatic carbocycles. The van der Waals surface area contributed by atoms with Gasteiger partial charge in [0.15, 0.2) is 5.58 Å². The molecular formula is C56H35NOS. The van der Waals surface area contributed by atoms with E-state index in [0.29, 0.717) is 0 Å². The summed E-state index contributed by atoms with van der Waals surface area (Å²) in [6, 6.07) is 76.9. The van der Waals surface area contributed by atoms with Gasteiger partial charge >= 0.3 is 0 Å². The maximum atomic E-state index is 7.03. The molecule has 0 bridgehead atoms. The number of nitrogens with zero attached hydrogens (tertiary/aromatic N) is 1. The van der Waals surface area contributed by atoms with Crippen LogP contribution >= 0.6 is 11.3 Å². The Morgan fingerprint density at radius 2 is 1.00 bits per heavy atom. The van der Waals surface area contributed by atoms with Gasteiger partial charge in [-0.15, -0.1) is 11.3 Å². The van der Waals surface area contributed by atoms with Gasteiger partial charge < -0.3 is 9.32 Å². The van der Waals surface area contributed by atoms with E-state index in [-0.39, 0.29) is 0 Å². The first-order valence-electron chi connectivity index (χ1n) is 20.1. The Balaban J connectivity index is 1.16. The van der Waals surface area contributed by atoms with Crippen molar-refractivity contribution in [2.45, 2.75) is 0 Å². The van der Waals surface area contributed by atoms with Crippen molar-refractivity contribution in [3.8, 4) is 33.4 Å². The van der Waals surface area contributed by atoms with Gasteiger partial charge in [0, 0.05) is 36.6 Å². The maximum absolute atomic E-state index is 7.03. The summed E-state index contributed by atoms with van der Waals surface area (Å²) in [5.41, 5.74) is 12.1. The van der Waals surface area contributed by atoms with E-state index in [2.05, 4.69) is 217 Å². The van der Waals surface area contributed by atoms with Crippen molar-refractivity contribution >= 4 is 92.1 Å². The first-order valence-corrected chi connectivity index (χ1v) is 20.9. The number of furan rings is 1. The highest BCUT2D eigenvalue weighted by molar-refractivity contribution is 7.26. The molecule has 59 heavy (non-hydrogen) atoms. The molecule has 0 fully saturated rings. The zero-order valence-corrected chi connectivity index (χ0v) is 32.8. The van der Waals surface area contributed by atoms with Crippen molar-refractivity contribution in [1.29, 1.82) is 0 Å². The summed E-state index contributed by atoms with van der Waals surface area (Å²) < 4.78 is 9.54. The Bertz CT molecular complexity index is 3550. The van der Waals surface area contributed by atoms with Gasteiger partial charge in [-0.2, -0.15) is 0 Å². The molecule has 0 unspecified atom stereocenters. The minimum atomic E-state index is 0.858. The van der Waals surface area contributed by atoms with Crippen LogP contribution in [-0.2, 0) is 0 Å². The van der Waals surface area contributed by atoms with E-state index < -0.39 is 0 Å². The summed E-state index contributed by atoms with van der Waals surface area (Å²) in [5, 5.41) is 9.54. The second-order valence-electron chi connectivity index (χ2n) is 15.2. The van der Waals surface area contributed by atoms with E-state index >= 15 is 0 Å². The summed E-state index contributed by atoms with van der Waals surface area (Å²) in [6.45, 7) is 0. The van der Waals surface area contributed by atoms with Gasteiger partial charge in [-0.05, 0) is 97.4 Å². The molecule has 0 saturated heterocycles. The Labute approximate surface area is 345 Å². The topological polar surface area (TPSA) is 16.4 Å². The number of benzene rings is 10. The number of rotatable bonds is 6. The molecule has 12 aromatic rings. The largest absolute Gasteiger partial charge is 0.454 e. The molecule has 10 aromatic carbocycles. The molecule has 2 aromatic heterocycles. The molecule has 0 N–H and O–H groups in total. The Hall–Kier alpha value is -7.46. The number of hydrogen-bond donors (Lipinski definition) is 0. The lowest BCUT2D eigenvalue weighted by Crippen LogP contribution is -2.11. The minimum Gasteiger partial charge on any atom is -0.454 e. The monoisotopic (exact) mass is 769 g/mol. The first kappa shape index (κ1) is 33.7. The number of fused-ring (bicyclic) bond motifs is 9. The van der Waals surface area contributed by atoms with Crippen molar-refractivity contribution in [2.24, 2.45) is 0 Å². The van der Waals surface area contributed by atoms with Crippen LogP contribution in [0.4, 0.5) is 17.1 Å². The summed E-state index contributed by atoms with van der Waals surface area (Å²) in [6.07, 6.45) is 0. The van der Waals surface area contributed by atoms with Gasteiger partial charge in [0.25, 0.3) is 0 Å². The first-order chi connectivity index (χ1) is 29.2. The zero-order valence-electron chi connectivity index (χ0n) is 32.0. The minimum absolute atomic E-state index is 0.858. The number of thiophene rings is 1. The maximum Gasteiger partial charge on any atom is 0.159 e. The summed E-state index contributed by atoms with van der Waals surface area (Å²) >= 11 is 1.88. The van der Waals surface area contributed by atoms with Crippen LogP contribution in [-0.4, -0.2) is 0 Å². The Kier molecular flexibility index (Phi) is 7.75. The molecule has 2 nitrogen and oxygen atoms in total. The molecule has 0 saturated carbocycles. The normalized spacial score (nSPS) is 11.7. The third kappa shape index (κ3) is 5.55. The molecular weight excluding hydrogens is 735 g/mol. The molecule has 0 amide bonds. The van der Waals surface area contributed by atoms with Gasteiger partial charge in [-0.25, -0.2) is 0 Å². The molecule has 0 aliphatic heterocycles. The Morgan fingerprint density at radius 1 is 0.373 bits per heavy atom. The fourth-order valence-electron chi connectivity index (χ4n) is 9.01. The molecule has 3 heteroatoms. The van der Waals surface area contributed by atoms with Crippen LogP contribution in [0.25, 0.3) is 97.0 Å². The second-order valence-corrected chi connectivity index (χ2v) is 16.3. The van der Waals surface area contributed by atoms with E-state index in [1.165, 1.54) is 69.5 Å².